The molecule has 27 heavy (non-hydrogen) atoms. The summed E-state index contributed by atoms with van der Waals surface area (Å²) in [6.45, 7) is 4.35. The standard InChI is InChI=1S/C20H24N4O2S/c1-3-15(20-17(5-1)25-9-10-26-20)16-4-2-6-24(16)19-13-18(21-14-22-19)23-7-11-27-12-8-23/h1,3,5,13-14,16H,2,4,6-12H2. The van der Waals surface area contributed by atoms with Crippen LogP contribution in [0.2, 0.25) is 0 Å². The predicted octanol–water partition coefficient (Wildman–Crippen LogP) is 3.14. The zero-order valence-corrected chi connectivity index (χ0v) is 16.2. The molecule has 2 aromatic rings. The lowest BCUT2D eigenvalue weighted by atomic mass is 10.0. The van der Waals surface area contributed by atoms with Crippen molar-refractivity contribution in [2.75, 3.05) is 54.2 Å². The third kappa shape index (κ3) is 3.29. The van der Waals surface area contributed by atoms with Gasteiger partial charge in [-0.3, -0.25) is 0 Å². The summed E-state index contributed by atoms with van der Waals surface area (Å²) in [6, 6.07) is 8.65. The number of aromatic nitrogens is 2. The smallest absolute Gasteiger partial charge is 0.166 e. The van der Waals surface area contributed by atoms with Crippen LogP contribution < -0.4 is 19.3 Å². The molecule has 0 spiro atoms. The van der Waals surface area contributed by atoms with E-state index >= 15 is 0 Å². The number of benzene rings is 1. The molecular formula is C20H24N4O2S. The van der Waals surface area contributed by atoms with Gasteiger partial charge >= 0.3 is 0 Å². The molecule has 7 heteroatoms. The third-order valence-electron chi connectivity index (χ3n) is 5.48. The number of hydrogen-bond donors (Lipinski definition) is 0. The largest absolute Gasteiger partial charge is 0.486 e. The zero-order valence-electron chi connectivity index (χ0n) is 15.3. The first-order chi connectivity index (χ1) is 13.4. The SMILES string of the molecule is c1cc2c(c(C3CCCN3c3cc(N4CCSCC4)ncn3)c1)OCCO2. The summed E-state index contributed by atoms with van der Waals surface area (Å²) >= 11 is 2.01. The highest BCUT2D eigenvalue weighted by molar-refractivity contribution is 7.99. The van der Waals surface area contributed by atoms with E-state index < -0.39 is 0 Å². The minimum Gasteiger partial charge on any atom is -0.486 e. The summed E-state index contributed by atoms with van der Waals surface area (Å²) in [5.41, 5.74) is 1.21. The summed E-state index contributed by atoms with van der Waals surface area (Å²) in [5.74, 6) is 6.15. The Hall–Kier alpha value is -2.15. The van der Waals surface area contributed by atoms with Gasteiger partial charge in [0.25, 0.3) is 0 Å². The van der Waals surface area contributed by atoms with E-state index in [0.29, 0.717) is 13.2 Å². The van der Waals surface area contributed by atoms with Crippen LogP contribution in [0.25, 0.3) is 0 Å². The Morgan fingerprint density at radius 1 is 1.00 bits per heavy atom. The second kappa shape index (κ2) is 7.46. The maximum absolute atomic E-state index is 5.98. The van der Waals surface area contributed by atoms with Crippen LogP contribution in [-0.2, 0) is 0 Å². The van der Waals surface area contributed by atoms with Crippen LogP contribution in [0.15, 0.2) is 30.6 Å². The van der Waals surface area contributed by atoms with Gasteiger partial charge in [0.05, 0.1) is 6.04 Å². The molecule has 0 aliphatic carbocycles. The van der Waals surface area contributed by atoms with Crippen LogP contribution in [0.3, 0.4) is 0 Å². The molecule has 0 N–H and O–H groups in total. The van der Waals surface area contributed by atoms with Crippen molar-refractivity contribution in [1.29, 1.82) is 0 Å². The fourth-order valence-electron chi connectivity index (χ4n) is 4.18. The van der Waals surface area contributed by atoms with E-state index in [1.54, 1.807) is 6.33 Å². The molecule has 2 saturated heterocycles. The lowest BCUT2D eigenvalue weighted by Gasteiger charge is -2.31. The van der Waals surface area contributed by atoms with Crippen LogP contribution in [0.4, 0.5) is 11.6 Å². The molecule has 3 aliphatic heterocycles. The van der Waals surface area contributed by atoms with Gasteiger partial charge in [0.2, 0.25) is 0 Å². The number of rotatable bonds is 3. The molecule has 1 atom stereocenters. The van der Waals surface area contributed by atoms with Gasteiger partial charge in [0.1, 0.15) is 31.2 Å². The zero-order chi connectivity index (χ0) is 18.1. The van der Waals surface area contributed by atoms with Gasteiger partial charge in [-0.2, -0.15) is 11.8 Å². The molecule has 5 rings (SSSR count). The molecule has 142 valence electrons. The molecule has 6 nitrogen and oxygen atoms in total. The van der Waals surface area contributed by atoms with Crippen LogP contribution in [-0.4, -0.2) is 54.3 Å². The lowest BCUT2D eigenvalue weighted by Crippen LogP contribution is -2.33. The Morgan fingerprint density at radius 2 is 1.85 bits per heavy atom. The first-order valence-electron chi connectivity index (χ1n) is 9.70. The second-order valence-electron chi connectivity index (χ2n) is 7.06. The van der Waals surface area contributed by atoms with Crippen molar-refractivity contribution in [3.05, 3.63) is 36.2 Å². The van der Waals surface area contributed by atoms with E-state index in [1.807, 2.05) is 17.8 Å². The average Bonchev–Trinajstić information content (AvgIpc) is 3.24. The first kappa shape index (κ1) is 17.0. The van der Waals surface area contributed by atoms with Gasteiger partial charge in [-0.05, 0) is 18.9 Å². The Morgan fingerprint density at radius 3 is 2.78 bits per heavy atom. The topological polar surface area (TPSA) is 50.7 Å². The molecule has 1 unspecified atom stereocenters. The van der Waals surface area contributed by atoms with Crippen molar-refractivity contribution in [3.63, 3.8) is 0 Å². The maximum Gasteiger partial charge on any atom is 0.166 e. The molecular weight excluding hydrogens is 360 g/mol. The molecule has 0 saturated carbocycles. The van der Waals surface area contributed by atoms with E-state index in [1.165, 1.54) is 17.1 Å². The van der Waals surface area contributed by atoms with Gasteiger partial charge in [-0.15, -0.1) is 0 Å². The van der Waals surface area contributed by atoms with Crippen LogP contribution in [0.1, 0.15) is 24.4 Å². The monoisotopic (exact) mass is 384 g/mol. The number of ether oxygens (including phenoxy) is 2. The number of para-hydroxylation sites is 1. The number of nitrogens with zero attached hydrogens (tertiary/aromatic N) is 4. The van der Waals surface area contributed by atoms with Gasteiger partial charge in [-0.25, -0.2) is 9.97 Å². The summed E-state index contributed by atoms with van der Waals surface area (Å²) in [6.07, 6.45) is 3.95. The summed E-state index contributed by atoms with van der Waals surface area (Å²) in [7, 11) is 0. The minimum atomic E-state index is 0.265. The Bertz CT molecular complexity index is 812. The van der Waals surface area contributed by atoms with E-state index in [-0.39, 0.29) is 6.04 Å². The number of thioether (sulfide) groups is 1. The Kier molecular flexibility index (Phi) is 4.69. The summed E-state index contributed by atoms with van der Waals surface area (Å²) in [5, 5.41) is 0. The number of anilines is 2. The highest BCUT2D eigenvalue weighted by Gasteiger charge is 2.32. The molecule has 3 aliphatic rings. The van der Waals surface area contributed by atoms with Crippen molar-refractivity contribution in [2.45, 2.75) is 18.9 Å². The fourth-order valence-corrected chi connectivity index (χ4v) is 5.09. The minimum absolute atomic E-state index is 0.265. The van der Waals surface area contributed by atoms with Gasteiger partial charge in [-0.1, -0.05) is 12.1 Å². The van der Waals surface area contributed by atoms with Crippen LogP contribution in [0, 0.1) is 0 Å². The fraction of sp³-hybridized carbons (Fsp3) is 0.500. The average molecular weight is 385 g/mol. The van der Waals surface area contributed by atoms with Crippen LogP contribution >= 0.6 is 11.8 Å². The van der Waals surface area contributed by atoms with Crippen molar-refractivity contribution in [2.24, 2.45) is 0 Å². The first-order valence-corrected chi connectivity index (χ1v) is 10.9. The quantitative estimate of drug-likeness (QED) is 0.806. The van der Waals surface area contributed by atoms with Gasteiger partial charge in [0, 0.05) is 42.8 Å². The van der Waals surface area contributed by atoms with E-state index in [9.17, 15) is 0 Å². The molecule has 0 amide bonds. The highest BCUT2D eigenvalue weighted by Crippen LogP contribution is 2.44. The van der Waals surface area contributed by atoms with E-state index in [4.69, 9.17) is 9.47 Å². The van der Waals surface area contributed by atoms with Crippen molar-refractivity contribution in [3.8, 4) is 11.5 Å². The third-order valence-corrected chi connectivity index (χ3v) is 6.42. The second-order valence-corrected chi connectivity index (χ2v) is 8.28. The van der Waals surface area contributed by atoms with E-state index in [2.05, 4.69) is 38.0 Å². The van der Waals surface area contributed by atoms with Crippen molar-refractivity contribution < 1.29 is 9.47 Å². The number of fused-ring (bicyclic) bond motifs is 1. The highest BCUT2D eigenvalue weighted by atomic mass is 32.2. The maximum atomic E-state index is 5.98. The molecule has 0 bridgehead atoms. The van der Waals surface area contributed by atoms with Crippen LogP contribution in [0.5, 0.6) is 11.5 Å². The Balaban J connectivity index is 1.45. The number of hydrogen-bond acceptors (Lipinski definition) is 7. The molecule has 4 heterocycles. The van der Waals surface area contributed by atoms with Crippen molar-refractivity contribution >= 4 is 23.4 Å². The summed E-state index contributed by atoms with van der Waals surface area (Å²) < 4.78 is 11.8. The normalized spacial score (nSPS) is 22.1. The van der Waals surface area contributed by atoms with E-state index in [0.717, 1.165) is 55.6 Å². The molecule has 1 aromatic carbocycles. The Labute approximate surface area is 163 Å². The van der Waals surface area contributed by atoms with Crippen molar-refractivity contribution in [1.82, 2.24) is 9.97 Å². The molecule has 2 fully saturated rings. The van der Waals surface area contributed by atoms with Gasteiger partial charge < -0.3 is 19.3 Å². The summed E-state index contributed by atoms with van der Waals surface area (Å²) in [4.78, 5) is 13.9. The molecule has 1 aromatic heterocycles. The predicted molar refractivity (Wildman–Crippen MR) is 108 cm³/mol. The van der Waals surface area contributed by atoms with Gasteiger partial charge in [0.15, 0.2) is 11.5 Å². The molecule has 0 radical (unpaired) electrons. The lowest BCUT2D eigenvalue weighted by molar-refractivity contribution is 0.169.